The monoisotopic (exact) mass is 302 g/mol. The fourth-order valence-corrected chi connectivity index (χ4v) is 2.40. The Hall–Kier alpha value is -2.27. The molecule has 5 nitrogen and oxygen atoms in total. The standard InChI is InChI=1S/C15H15ClN4O/c1-11-17-5-6-19(11)8-12-9-20(10-18-12)13-3-4-15(21-2)14(16)7-13/h3-7,9-10H,8H2,1-2H3. The maximum Gasteiger partial charge on any atom is 0.137 e. The lowest BCUT2D eigenvalue weighted by Gasteiger charge is -2.06. The van der Waals surface area contributed by atoms with Crippen LogP contribution in [0.3, 0.4) is 0 Å². The van der Waals surface area contributed by atoms with Crippen LogP contribution in [0, 0.1) is 6.92 Å². The maximum absolute atomic E-state index is 6.15. The molecule has 0 radical (unpaired) electrons. The van der Waals surface area contributed by atoms with E-state index in [0.717, 1.165) is 17.2 Å². The second-order valence-corrected chi connectivity index (χ2v) is 5.10. The van der Waals surface area contributed by atoms with Crippen molar-refractivity contribution in [3.63, 3.8) is 0 Å². The number of hydrogen-bond acceptors (Lipinski definition) is 3. The van der Waals surface area contributed by atoms with Gasteiger partial charge in [-0.3, -0.25) is 0 Å². The summed E-state index contributed by atoms with van der Waals surface area (Å²) >= 11 is 6.15. The molecular weight excluding hydrogens is 288 g/mol. The summed E-state index contributed by atoms with van der Waals surface area (Å²) in [6.45, 7) is 2.67. The second kappa shape index (κ2) is 5.61. The highest BCUT2D eigenvalue weighted by Crippen LogP contribution is 2.26. The van der Waals surface area contributed by atoms with Gasteiger partial charge in [-0.25, -0.2) is 9.97 Å². The summed E-state index contributed by atoms with van der Waals surface area (Å²) in [5, 5.41) is 0.579. The van der Waals surface area contributed by atoms with Crippen molar-refractivity contribution >= 4 is 11.6 Å². The van der Waals surface area contributed by atoms with Crippen molar-refractivity contribution in [1.29, 1.82) is 0 Å². The van der Waals surface area contributed by atoms with E-state index in [4.69, 9.17) is 16.3 Å². The molecule has 0 spiro atoms. The first-order valence-electron chi connectivity index (χ1n) is 6.52. The van der Waals surface area contributed by atoms with Crippen LogP contribution in [-0.2, 0) is 6.54 Å². The van der Waals surface area contributed by atoms with Crippen LogP contribution in [0.2, 0.25) is 5.02 Å². The van der Waals surface area contributed by atoms with Gasteiger partial charge in [-0.2, -0.15) is 0 Å². The molecule has 0 saturated carbocycles. The molecule has 1 aromatic carbocycles. The zero-order valence-electron chi connectivity index (χ0n) is 11.8. The van der Waals surface area contributed by atoms with E-state index in [1.807, 2.05) is 46.7 Å². The van der Waals surface area contributed by atoms with Gasteiger partial charge < -0.3 is 13.9 Å². The summed E-state index contributed by atoms with van der Waals surface area (Å²) in [7, 11) is 1.60. The van der Waals surface area contributed by atoms with E-state index >= 15 is 0 Å². The molecule has 0 atom stereocenters. The zero-order chi connectivity index (χ0) is 14.8. The number of halogens is 1. The molecule has 0 unspecified atom stereocenters. The van der Waals surface area contributed by atoms with E-state index in [1.165, 1.54) is 0 Å². The average Bonchev–Trinajstić information content (AvgIpc) is 3.09. The highest BCUT2D eigenvalue weighted by atomic mass is 35.5. The van der Waals surface area contributed by atoms with Gasteiger partial charge in [0.05, 0.1) is 30.7 Å². The first-order valence-corrected chi connectivity index (χ1v) is 6.89. The van der Waals surface area contributed by atoms with E-state index < -0.39 is 0 Å². The Kier molecular flexibility index (Phi) is 3.66. The molecule has 0 aliphatic rings. The number of hydrogen-bond donors (Lipinski definition) is 0. The van der Waals surface area contributed by atoms with Gasteiger partial charge >= 0.3 is 0 Å². The minimum absolute atomic E-state index is 0.579. The van der Waals surface area contributed by atoms with E-state index in [-0.39, 0.29) is 0 Å². The quantitative estimate of drug-likeness (QED) is 0.744. The van der Waals surface area contributed by atoms with Crippen LogP contribution in [-0.4, -0.2) is 26.2 Å². The summed E-state index contributed by atoms with van der Waals surface area (Å²) in [5.74, 6) is 1.63. The number of rotatable bonds is 4. The molecule has 6 heteroatoms. The van der Waals surface area contributed by atoms with Crippen LogP contribution in [0.25, 0.3) is 5.69 Å². The summed E-state index contributed by atoms with van der Waals surface area (Å²) in [6, 6.07) is 5.64. The largest absolute Gasteiger partial charge is 0.495 e. The summed E-state index contributed by atoms with van der Waals surface area (Å²) in [5.41, 5.74) is 1.91. The molecule has 3 rings (SSSR count). The molecule has 0 N–H and O–H groups in total. The molecule has 108 valence electrons. The Morgan fingerprint density at radius 1 is 1.29 bits per heavy atom. The number of imidazole rings is 2. The van der Waals surface area contributed by atoms with Gasteiger partial charge in [0.1, 0.15) is 11.6 Å². The highest BCUT2D eigenvalue weighted by Gasteiger charge is 2.06. The van der Waals surface area contributed by atoms with Crippen LogP contribution in [0.4, 0.5) is 0 Å². The van der Waals surface area contributed by atoms with Crippen LogP contribution >= 0.6 is 11.6 Å². The predicted octanol–water partition coefficient (Wildman–Crippen LogP) is 3.09. The lowest BCUT2D eigenvalue weighted by molar-refractivity contribution is 0.415. The lowest BCUT2D eigenvalue weighted by atomic mass is 10.3. The number of aryl methyl sites for hydroxylation is 1. The van der Waals surface area contributed by atoms with Crippen molar-refractivity contribution in [3.05, 3.63) is 59.7 Å². The van der Waals surface area contributed by atoms with E-state index in [0.29, 0.717) is 17.3 Å². The molecule has 0 aliphatic heterocycles. The average molecular weight is 303 g/mol. The van der Waals surface area contributed by atoms with Gasteiger partial charge in [0.2, 0.25) is 0 Å². The van der Waals surface area contributed by atoms with Crippen molar-refractivity contribution in [1.82, 2.24) is 19.1 Å². The van der Waals surface area contributed by atoms with Crippen LogP contribution in [0.1, 0.15) is 11.5 Å². The van der Waals surface area contributed by atoms with Crippen molar-refractivity contribution in [2.45, 2.75) is 13.5 Å². The molecule has 2 heterocycles. The first-order chi connectivity index (χ1) is 10.2. The Labute approximate surface area is 127 Å². The third-order valence-corrected chi connectivity index (χ3v) is 3.62. The molecule has 0 aliphatic carbocycles. The second-order valence-electron chi connectivity index (χ2n) is 4.69. The van der Waals surface area contributed by atoms with Crippen LogP contribution in [0.5, 0.6) is 5.75 Å². The van der Waals surface area contributed by atoms with Gasteiger partial charge in [0.25, 0.3) is 0 Å². The topological polar surface area (TPSA) is 44.9 Å². The molecule has 0 fully saturated rings. The van der Waals surface area contributed by atoms with E-state index in [1.54, 1.807) is 19.6 Å². The summed E-state index contributed by atoms with van der Waals surface area (Å²) in [6.07, 6.45) is 7.49. The minimum atomic E-state index is 0.579. The van der Waals surface area contributed by atoms with Crippen LogP contribution in [0.15, 0.2) is 43.1 Å². The summed E-state index contributed by atoms with van der Waals surface area (Å²) < 4.78 is 9.14. The first kappa shape index (κ1) is 13.7. The van der Waals surface area contributed by atoms with Gasteiger partial charge in [-0.05, 0) is 25.1 Å². The van der Waals surface area contributed by atoms with Crippen LogP contribution < -0.4 is 4.74 Å². The molecule has 3 aromatic rings. The number of ether oxygens (including phenoxy) is 1. The number of nitrogens with zero attached hydrogens (tertiary/aromatic N) is 4. The Bertz CT molecular complexity index is 763. The van der Waals surface area contributed by atoms with Crippen molar-refractivity contribution in [3.8, 4) is 11.4 Å². The highest BCUT2D eigenvalue weighted by molar-refractivity contribution is 6.32. The van der Waals surface area contributed by atoms with Crippen molar-refractivity contribution in [2.24, 2.45) is 0 Å². The zero-order valence-corrected chi connectivity index (χ0v) is 12.6. The minimum Gasteiger partial charge on any atom is -0.495 e. The van der Waals surface area contributed by atoms with Crippen molar-refractivity contribution in [2.75, 3.05) is 7.11 Å². The molecule has 2 aromatic heterocycles. The number of methoxy groups -OCH3 is 1. The fraction of sp³-hybridized carbons (Fsp3) is 0.200. The van der Waals surface area contributed by atoms with Gasteiger partial charge in [-0.15, -0.1) is 0 Å². The third-order valence-electron chi connectivity index (χ3n) is 3.33. The SMILES string of the molecule is COc1ccc(-n2cnc(Cn3ccnc3C)c2)cc1Cl. The van der Waals surface area contributed by atoms with E-state index in [2.05, 4.69) is 9.97 Å². The fourth-order valence-electron chi connectivity index (χ4n) is 2.15. The van der Waals surface area contributed by atoms with Gasteiger partial charge in [0.15, 0.2) is 0 Å². The lowest BCUT2D eigenvalue weighted by Crippen LogP contribution is -2.00. The molecule has 0 bridgehead atoms. The molecular formula is C15H15ClN4O. The third kappa shape index (κ3) is 2.78. The maximum atomic E-state index is 6.15. The van der Waals surface area contributed by atoms with E-state index in [9.17, 15) is 0 Å². The number of aromatic nitrogens is 4. The Balaban J connectivity index is 1.84. The number of benzene rings is 1. The Morgan fingerprint density at radius 3 is 2.81 bits per heavy atom. The Morgan fingerprint density at radius 2 is 2.14 bits per heavy atom. The molecule has 0 amide bonds. The van der Waals surface area contributed by atoms with Gasteiger partial charge in [0, 0.05) is 24.3 Å². The predicted molar refractivity (Wildman–Crippen MR) is 81.2 cm³/mol. The smallest absolute Gasteiger partial charge is 0.137 e. The van der Waals surface area contributed by atoms with Gasteiger partial charge in [-0.1, -0.05) is 11.6 Å². The summed E-state index contributed by atoms with van der Waals surface area (Å²) in [4.78, 5) is 8.63. The molecule has 21 heavy (non-hydrogen) atoms. The molecule has 0 saturated heterocycles. The van der Waals surface area contributed by atoms with Crippen molar-refractivity contribution < 1.29 is 4.74 Å². The normalized spacial score (nSPS) is 10.8.